The second kappa shape index (κ2) is 8.00. The molecule has 0 spiro atoms. The molecule has 2 rings (SSSR count). The Bertz CT molecular complexity index is 463. The first-order chi connectivity index (χ1) is 10.2. The Hall–Kier alpha value is -1.59. The molecule has 1 unspecified atom stereocenters. The molecule has 116 valence electrons. The van der Waals surface area contributed by atoms with Crippen LogP contribution in [0.4, 0.5) is 0 Å². The number of hydrogen-bond acceptors (Lipinski definition) is 4. The second-order valence-corrected chi connectivity index (χ2v) is 5.46. The number of para-hydroxylation sites is 1. The molecular formula is C16H24N2O3. The Morgan fingerprint density at radius 1 is 1.43 bits per heavy atom. The van der Waals surface area contributed by atoms with Gasteiger partial charge in [-0.3, -0.25) is 4.79 Å². The fourth-order valence-corrected chi connectivity index (χ4v) is 2.75. The monoisotopic (exact) mass is 292 g/mol. The van der Waals surface area contributed by atoms with E-state index in [1.54, 1.807) is 0 Å². The van der Waals surface area contributed by atoms with Gasteiger partial charge in [0.1, 0.15) is 5.75 Å². The standard InChI is InChI=1S/C16H24N2O3/c17-10-14-5-1-2-6-15(14)21-12-16(20)18-8-3-4-13(11-18)7-9-19/h1-2,5-6,13,19H,3-4,7-12,17H2. The average Bonchev–Trinajstić information content (AvgIpc) is 2.53. The second-order valence-electron chi connectivity index (χ2n) is 5.46. The number of rotatable bonds is 6. The summed E-state index contributed by atoms with van der Waals surface area (Å²) >= 11 is 0. The summed E-state index contributed by atoms with van der Waals surface area (Å²) in [7, 11) is 0. The van der Waals surface area contributed by atoms with E-state index >= 15 is 0 Å². The lowest BCUT2D eigenvalue weighted by atomic mass is 9.95. The van der Waals surface area contributed by atoms with Gasteiger partial charge in [0.15, 0.2) is 6.61 Å². The molecule has 0 bridgehead atoms. The predicted molar refractivity (Wildman–Crippen MR) is 80.8 cm³/mol. The minimum Gasteiger partial charge on any atom is -0.483 e. The number of amides is 1. The van der Waals surface area contributed by atoms with E-state index in [2.05, 4.69) is 0 Å². The number of ether oxygens (including phenoxy) is 1. The van der Waals surface area contributed by atoms with Crippen LogP contribution in [0.5, 0.6) is 5.75 Å². The van der Waals surface area contributed by atoms with Crippen LogP contribution in [0, 0.1) is 5.92 Å². The predicted octanol–water partition coefficient (Wildman–Crippen LogP) is 1.15. The fourth-order valence-electron chi connectivity index (χ4n) is 2.75. The van der Waals surface area contributed by atoms with Gasteiger partial charge in [0.05, 0.1) is 0 Å². The molecule has 1 aliphatic heterocycles. The van der Waals surface area contributed by atoms with Crippen LogP contribution in [-0.2, 0) is 11.3 Å². The Labute approximate surface area is 125 Å². The van der Waals surface area contributed by atoms with Crippen molar-refractivity contribution in [3.63, 3.8) is 0 Å². The zero-order valence-electron chi connectivity index (χ0n) is 12.3. The molecule has 3 N–H and O–H groups in total. The largest absolute Gasteiger partial charge is 0.483 e. The van der Waals surface area contributed by atoms with E-state index in [0.717, 1.165) is 37.9 Å². The Morgan fingerprint density at radius 2 is 2.24 bits per heavy atom. The average molecular weight is 292 g/mol. The molecule has 21 heavy (non-hydrogen) atoms. The van der Waals surface area contributed by atoms with Gasteiger partial charge in [0, 0.05) is 31.8 Å². The van der Waals surface area contributed by atoms with Crippen LogP contribution in [0.3, 0.4) is 0 Å². The lowest BCUT2D eigenvalue weighted by Gasteiger charge is -2.32. The number of aliphatic hydroxyl groups is 1. The summed E-state index contributed by atoms with van der Waals surface area (Å²) in [4.78, 5) is 14.1. The molecule has 1 heterocycles. The number of aliphatic hydroxyl groups excluding tert-OH is 1. The number of benzene rings is 1. The first-order valence-electron chi connectivity index (χ1n) is 7.54. The highest BCUT2D eigenvalue weighted by Crippen LogP contribution is 2.20. The maximum atomic E-state index is 12.2. The summed E-state index contributed by atoms with van der Waals surface area (Å²) in [6.07, 6.45) is 2.84. The molecule has 1 aromatic carbocycles. The van der Waals surface area contributed by atoms with E-state index in [-0.39, 0.29) is 19.1 Å². The normalized spacial score (nSPS) is 18.6. The highest BCUT2D eigenvalue weighted by molar-refractivity contribution is 5.77. The molecule has 1 saturated heterocycles. The zero-order valence-corrected chi connectivity index (χ0v) is 12.3. The van der Waals surface area contributed by atoms with E-state index in [0.29, 0.717) is 18.2 Å². The van der Waals surface area contributed by atoms with Gasteiger partial charge in [0.25, 0.3) is 5.91 Å². The van der Waals surface area contributed by atoms with Crippen LogP contribution in [0.1, 0.15) is 24.8 Å². The smallest absolute Gasteiger partial charge is 0.260 e. The quantitative estimate of drug-likeness (QED) is 0.824. The molecule has 5 heteroatoms. The Morgan fingerprint density at radius 3 is 3.00 bits per heavy atom. The molecule has 1 aromatic rings. The summed E-state index contributed by atoms with van der Waals surface area (Å²) in [5.41, 5.74) is 6.56. The van der Waals surface area contributed by atoms with Crippen molar-refractivity contribution in [3.05, 3.63) is 29.8 Å². The van der Waals surface area contributed by atoms with E-state index in [1.807, 2.05) is 29.2 Å². The summed E-state index contributed by atoms with van der Waals surface area (Å²) in [6.45, 7) is 2.13. The molecule has 5 nitrogen and oxygen atoms in total. The minimum absolute atomic E-state index is 0.00413. The zero-order chi connectivity index (χ0) is 15.1. The molecule has 0 aromatic heterocycles. The summed E-state index contributed by atoms with van der Waals surface area (Å²) < 4.78 is 5.62. The first-order valence-corrected chi connectivity index (χ1v) is 7.54. The van der Waals surface area contributed by atoms with Gasteiger partial charge in [-0.1, -0.05) is 18.2 Å². The summed E-state index contributed by atoms with van der Waals surface area (Å²) in [5.74, 6) is 1.09. The van der Waals surface area contributed by atoms with Gasteiger partial charge >= 0.3 is 0 Å². The molecule has 0 radical (unpaired) electrons. The van der Waals surface area contributed by atoms with Crippen LogP contribution in [0.15, 0.2) is 24.3 Å². The van der Waals surface area contributed by atoms with Crippen LogP contribution < -0.4 is 10.5 Å². The van der Waals surface area contributed by atoms with Gasteiger partial charge in [-0.05, 0) is 31.2 Å². The molecule has 0 aliphatic carbocycles. The SMILES string of the molecule is NCc1ccccc1OCC(=O)N1CCCC(CCO)C1. The van der Waals surface area contributed by atoms with Crippen molar-refractivity contribution in [2.75, 3.05) is 26.3 Å². The van der Waals surface area contributed by atoms with Gasteiger partial charge in [-0.25, -0.2) is 0 Å². The van der Waals surface area contributed by atoms with Crippen molar-refractivity contribution in [3.8, 4) is 5.75 Å². The molecule has 1 aliphatic rings. The van der Waals surface area contributed by atoms with E-state index < -0.39 is 0 Å². The molecule has 1 amide bonds. The van der Waals surface area contributed by atoms with Gasteiger partial charge in [-0.2, -0.15) is 0 Å². The maximum Gasteiger partial charge on any atom is 0.260 e. The fraction of sp³-hybridized carbons (Fsp3) is 0.562. The summed E-state index contributed by atoms with van der Waals surface area (Å²) in [5, 5.41) is 9.01. The number of hydrogen-bond donors (Lipinski definition) is 2. The molecule has 1 atom stereocenters. The lowest BCUT2D eigenvalue weighted by Crippen LogP contribution is -2.42. The van der Waals surface area contributed by atoms with E-state index in [4.69, 9.17) is 15.6 Å². The third kappa shape index (κ3) is 4.44. The highest BCUT2D eigenvalue weighted by atomic mass is 16.5. The van der Waals surface area contributed by atoms with Crippen molar-refractivity contribution >= 4 is 5.91 Å². The number of nitrogens with two attached hydrogens (primary N) is 1. The third-order valence-electron chi connectivity index (χ3n) is 3.95. The van der Waals surface area contributed by atoms with Crippen molar-refractivity contribution in [2.45, 2.75) is 25.8 Å². The van der Waals surface area contributed by atoms with Gasteiger partial charge < -0.3 is 20.5 Å². The number of carbonyl (C=O) groups is 1. The van der Waals surface area contributed by atoms with Crippen LogP contribution in [0.25, 0.3) is 0 Å². The molecular weight excluding hydrogens is 268 g/mol. The Kier molecular flexibility index (Phi) is 6.02. The molecule has 1 fully saturated rings. The van der Waals surface area contributed by atoms with Gasteiger partial charge in [0.2, 0.25) is 0 Å². The van der Waals surface area contributed by atoms with E-state index in [9.17, 15) is 4.79 Å². The third-order valence-corrected chi connectivity index (χ3v) is 3.95. The van der Waals surface area contributed by atoms with Crippen molar-refractivity contribution < 1.29 is 14.6 Å². The van der Waals surface area contributed by atoms with Crippen molar-refractivity contribution in [2.24, 2.45) is 11.7 Å². The molecule has 0 saturated carbocycles. The summed E-state index contributed by atoms with van der Waals surface area (Å²) in [6, 6.07) is 7.51. The van der Waals surface area contributed by atoms with Crippen LogP contribution in [-0.4, -0.2) is 42.2 Å². The minimum atomic E-state index is 0.00413. The lowest BCUT2D eigenvalue weighted by molar-refractivity contribution is -0.135. The van der Waals surface area contributed by atoms with Crippen molar-refractivity contribution in [1.82, 2.24) is 4.90 Å². The van der Waals surface area contributed by atoms with E-state index in [1.165, 1.54) is 0 Å². The maximum absolute atomic E-state index is 12.2. The topological polar surface area (TPSA) is 75.8 Å². The Balaban J connectivity index is 1.86. The number of piperidine rings is 1. The number of likely N-dealkylation sites (tertiary alicyclic amines) is 1. The van der Waals surface area contributed by atoms with Crippen molar-refractivity contribution in [1.29, 1.82) is 0 Å². The van der Waals surface area contributed by atoms with Crippen LogP contribution in [0.2, 0.25) is 0 Å². The number of carbonyl (C=O) groups excluding carboxylic acids is 1. The van der Waals surface area contributed by atoms with Gasteiger partial charge in [-0.15, -0.1) is 0 Å². The van der Waals surface area contributed by atoms with Crippen LogP contribution >= 0.6 is 0 Å². The highest BCUT2D eigenvalue weighted by Gasteiger charge is 2.23. The first kappa shape index (κ1) is 15.8. The number of nitrogens with zero attached hydrogens (tertiary/aromatic N) is 1.